The van der Waals surface area contributed by atoms with Crippen molar-refractivity contribution in [3.8, 4) is 11.3 Å². The third-order valence-electron chi connectivity index (χ3n) is 4.74. The number of amides is 1. The normalized spacial score (nSPS) is 11.8. The molecular formula is C23H15ClF3N3O3S2. The lowest BCUT2D eigenvalue weighted by atomic mass is 10.2. The van der Waals surface area contributed by atoms with Crippen LogP contribution in [0, 0.1) is 0 Å². The lowest BCUT2D eigenvalue weighted by Crippen LogP contribution is -2.16. The van der Waals surface area contributed by atoms with Gasteiger partial charge in [-0.05, 0) is 36.4 Å². The van der Waals surface area contributed by atoms with Gasteiger partial charge in [-0.25, -0.2) is 13.4 Å². The fourth-order valence-electron chi connectivity index (χ4n) is 3.03. The third-order valence-corrected chi connectivity index (χ3v) is 7.19. The summed E-state index contributed by atoms with van der Waals surface area (Å²) in [6, 6.07) is 16.7. The van der Waals surface area contributed by atoms with Crippen LogP contribution in [0.3, 0.4) is 0 Å². The number of hydrogen-bond acceptors (Lipinski definition) is 5. The lowest BCUT2D eigenvalue weighted by Gasteiger charge is -2.13. The van der Waals surface area contributed by atoms with E-state index in [4.69, 9.17) is 11.6 Å². The monoisotopic (exact) mass is 537 g/mol. The van der Waals surface area contributed by atoms with Crippen molar-refractivity contribution in [3.05, 3.63) is 94.3 Å². The Morgan fingerprint density at radius 1 is 0.971 bits per heavy atom. The number of anilines is 2. The van der Waals surface area contributed by atoms with E-state index in [1.165, 1.54) is 29.5 Å². The molecule has 1 amide bonds. The second-order valence-electron chi connectivity index (χ2n) is 7.18. The fraction of sp³-hybridized carbons (Fsp3) is 0.0435. The summed E-state index contributed by atoms with van der Waals surface area (Å²) in [6.07, 6.45) is -4.68. The Hall–Kier alpha value is -3.41. The first kappa shape index (κ1) is 24.7. The summed E-state index contributed by atoms with van der Waals surface area (Å²) in [7, 11) is -4.35. The molecule has 0 aliphatic rings. The molecule has 0 atom stereocenters. The molecule has 1 heterocycles. The third kappa shape index (κ3) is 5.81. The van der Waals surface area contributed by atoms with Crippen LogP contribution < -0.4 is 10.0 Å². The summed E-state index contributed by atoms with van der Waals surface area (Å²) >= 11 is 7.10. The molecule has 0 saturated heterocycles. The Kier molecular flexibility index (Phi) is 6.84. The number of rotatable bonds is 6. The van der Waals surface area contributed by atoms with Crippen molar-refractivity contribution in [2.24, 2.45) is 0 Å². The molecule has 3 aromatic carbocycles. The van der Waals surface area contributed by atoms with Crippen LogP contribution >= 0.6 is 22.9 Å². The van der Waals surface area contributed by atoms with Crippen LogP contribution in [0.2, 0.25) is 5.02 Å². The first-order chi connectivity index (χ1) is 16.5. The van der Waals surface area contributed by atoms with E-state index in [-0.39, 0.29) is 15.5 Å². The maximum Gasteiger partial charge on any atom is 0.416 e. The quantitative estimate of drug-likeness (QED) is 0.292. The fourth-order valence-corrected chi connectivity index (χ4v) is 5.08. The van der Waals surface area contributed by atoms with Crippen molar-refractivity contribution in [2.45, 2.75) is 11.1 Å². The zero-order valence-corrected chi connectivity index (χ0v) is 19.9. The highest BCUT2D eigenvalue weighted by Crippen LogP contribution is 2.34. The van der Waals surface area contributed by atoms with E-state index in [1.54, 1.807) is 5.38 Å². The maximum atomic E-state index is 13.0. The molecule has 0 fully saturated rings. The molecule has 1 aromatic heterocycles. The van der Waals surface area contributed by atoms with Crippen molar-refractivity contribution < 1.29 is 26.4 Å². The Bertz CT molecular complexity index is 1490. The second kappa shape index (κ2) is 9.68. The highest BCUT2D eigenvalue weighted by Gasteiger charge is 2.31. The van der Waals surface area contributed by atoms with Gasteiger partial charge in [0.15, 0.2) is 5.13 Å². The molecule has 0 unspecified atom stereocenters. The first-order valence-electron chi connectivity index (χ1n) is 9.85. The zero-order valence-electron chi connectivity index (χ0n) is 17.5. The number of hydrogen-bond donors (Lipinski definition) is 2. The number of carbonyl (C=O) groups is 1. The number of halogens is 4. The maximum absolute atomic E-state index is 13.0. The molecule has 180 valence electrons. The zero-order chi connectivity index (χ0) is 25.2. The molecule has 0 spiro atoms. The topological polar surface area (TPSA) is 88.2 Å². The molecule has 35 heavy (non-hydrogen) atoms. The van der Waals surface area contributed by atoms with Gasteiger partial charge in [0.25, 0.3) is 15.9 Å². The molecule has 6 nitrogen and oxygen atoms in total. The number of nitrogens with one attached hydrogen (secondary N) is 2. The first-order valence-corrected chi connectivity index (χ1v) is 12.6. The SMILES string of the molecule is O=C(Nc1nc(-c2ccccc2)cs1)c1cccc(S(=O)(=O)Nc2cc(C(F)(F)F)ccc2Cl)c1. The predicted molar refractivity (Wildman–Crippen MR) is 129 cm³/mol. The summed E-state index contributed by atoms with van der Waals surface area (Å²) in [6.45, 7) is 0. The van der Waals surface area contributed by atoms with Crippen LogP contribution in [0.1, 0.15) is 15.9 Å². The van der Waals surface area contributed by atoms with Gasteiger partial charge in [0.1, 0.15) is 0 Å². The van der Waals surface area contributed by atoms with E-state index in [2.05, 4.69) is 15.0 Å². The van der Waals surface area contributed by atoms with Crippen LogP contribution in [0.15, 0.2) is 83.1 Å². The summed E-state index contributed by atoms with van der Waals surface area (Å²) < 4.78 is 66.7. The van der Waals surface area contributed by atoms with Gasteiger partial charge in [0, 0.05) is 16.5 Å². The lowest BCUT2D eigenvalue weighted by molar-refractivity contribution is -0.137. The Labute approximate surface area is 207 Å². The minimum Gasteiger partial charge on any atom is -0.298 e. The molecule has 0 radical (unpaired) electrons. The molecule has 4 rings (SSSR count). The molecule has 0 saturated carbocycles. The summed E-state index contributed by atoms with van der Waals surface area (Å²) in [5, 5.41) is 4.49. The van der Waals surface area contributed by atoms with E-state index in [9.17, 15) is 26.4 Å². The number of aromatic nitrogens is 1. The number of benzene rings is 3. The Balaban J connectivity index is 1.54. The number of carbonyl (C=O) groups excluding carboxylic acids is 1. The van der Waals surface area contributed by atoms with Crippen molar-refractivity contribution in [2.75, 3.05) is 10.0 Å². The largest absolute Gasteiger partial charge is 0.416 e. The van der Waals surface area contributed by atoms with Gasteiger partial charge < -0.3 is 0 Å². The Morgan fingerprint density at radius 3 is 2.43 bits per heavy atom. The minimum atomic E-state index is -4.68. The molecule has 4 aromatic rings. The summed E-state index contributed by atoms with van der Waals surface area (Å²) in [5.74, 6) is -0.604. The predicted octanol–water partition coefficient (Wildman–Crippen LogP) is 6.54. The van der Waals surface area contributed by atoms with Gasteiger partial charge in [-0.1, -0.05) is 48.0 Å². The molecule has 0 aliphatic carbocycles. The van der Waals surface area contributed by atoms with E-state index in [0.717, 1.165) is 23.8 Å². The van der Waals surface area contributed by atoms with Gasteiger partial charge in [0.2, 0.25) is 0 Å². The van der Waals surface area contributed by atoms with Crippen LogP contribution in [0.5, 0.6) is 0 Å². The van der Waals surface area contributed by atoms with Crippen LogP contribution in [0.4, 0.5) is 24.0 Å². The molecule has 12 heteroatoms. The van der Waals surface area contributed by atoms with E-state index < -0.39 is 33.4 Å². The van der Waals surface area contributed by atoms with Crippen LogP contribution in [-0.2, 0) is 16.2 Å². The van der Waals surface area contributed by atoms with Gasteiger partial charge >= 0.3 is 6.18 Å². The molecular weight excluding hydrogens is 523 g/mol. The van der Waals surface area contributed by atoms with Gasteiger partial charge in [0.05, 0.1) is 26.9 Å². The van der Waals surface area contributed by atoms with Crippen molar-refractivity contribution in [1.29, 1.82) is 0 Å². The van der Waals surface area contributed by atoms with E-state index in [0.29, 0.717) is 16.9 Å². The minimum absolute atomic E-state index is 0.0134. The average molecular weight is 538 g/mol. The second-order valence-corrected chi connectivity index (χ2v) is 10.1. The molecule has 0 bridgehead atoms. The standard InChI is InChI=1S/C23H15ClF3N3O3S2/c24-18-10-9-16(23(25,26)27)12-19(18)30-35(32,33)17-8-4-7-15(11-17)21(31)29-22-28-20(13-34-22)14-5-2-1-3-6-14/h1-13,30H,(H,28,29,31). The van der Waals surface area contributed by atoms with E-state index >= 15 is 0 Å². The van der Waals surface area contributed by atoms with Crippen molar-refractivity contribution in [1.82, 2.24) is 4.98 Å². The number of sulfonamides is 1. The highest BCUT2D eigenvalue weighted by atomic mass is 35.5. The van der Waals surface area contributed by atoms with Crippen molar-refractivity contribution in [3.63, 3.8) is 0 Å². The summed E-state index contributed by atoms with van der Waals surface area (Å²) in [5.41, 5.74) is 0.0548. The highest BCUT2D eigenvalue weighted by molar-refractivity contribution is 7.92. The average Bonchev–Trinajstić information content (AvgIpc) is 3.29. The number of thiazole rings is 1. The van der Waals surface area contributed by atoms with Crippen molar-refractivity contribution >= 4 is 49.7 Å². The van der Waals surface area contributed by atoms with E-state index in [1.807, 2.05) is 30.3 Å². The molecule has 2 N–H and O–H groups in total. The van der Waals surface area contributed by atoms with Gasteiger partial charge in [-0.2, -0.15) is 13.2 Å². The van der Waals surface area contributed by atoms with Gasteiger partial charge in [-0.15, -0.1) is 11.3 Å². The smallest absolute Gasteiger partial charge is 0.298 e. The van der Waals surface area contributed by atoms with Crippen LogP contribution in [-0.4, -0.2) is 19.3 Å². The molecule has 0 aliphatic heterocycles. The number of alkyl halides is 3. The van der Waals surface area contributed by atoms with Gasteiger partial charge in [-0.3, -0.25) is 14.8 Å². The Morgan fingerprint density at radius 2 is 1.71 bits per heavy atom. The summed E-state index contributed by atoms with van der Waals surface area (Å²) in [4.78, 5) is 16.7. The number of nitrogens with zero attached hydrogens (tertiary/aromatic N) is 1. The van der Waals surface area contributed by atoms with Crippen LogP contribution in [0.25, 0.3) is 11.3 Å².